The molecule has 0 aliphatic carbocycles. The summed E-state index contributed by atoms with van der Waals surface area (Å²) in [5, 5.41) is 1.96. The maximum absolute atomic E-state index is 12.0. The van der Waals surface area contributed by atoms with E-state index in [4.69, 9.17) is 0 Å². The Kier molecular flexibility index (Phi) is 2.87. The first-order valence-electron chi connectivity index (χ1n) is 5.13. The van der Waals surface area contributed by atoms with Gasteiger partial charge in [0.2, 0.25) is 0 Å². The van der Waals surface area contributed by atoms with Crippen LogP contribution in [0.1, 0.15) is 35.9 Å². The summed E-state index contributed by atoms with van der Waals surface area (Å²) in [5.41, 5.74) is 0. The predicted octanol–water partition coefficient (Wildman–Crippen LogP) is 2.76. The van der Waals surface area contributed by atoms with Gasteiger partial charge in [-0.2, -0.15) is 0 Å². The molecule has 1 saturated heterocycles. The zero-order valence-corrected chi connectivity index (χ0v) is 9.22. The first-order valence-corrected chi connectivity index (χ1v) is 6.01. The van der Waals surface area contributed by atoms with Crippen LogP contribution in [-0.4, -0.2) is 23.4 Å². The van der Waals surface area contributed by atoms with Gasteiger partial charge in [0.05, 0.1) is 4.88 Å². The highest BCUT2D eigenvalue weighted by molar-refractivity contribution is 7.12. The fourth-order valence-corrected chi connectivity index (χ4v) is 2.62. The topological polar surface area (TPSA) is 20.3 Å². The average Bonchev–Trinajstić information content (AvgIpc) is 2.70. The number of likely N-dealkylation sites (tertiary alicyclic amines) is 1. The van der Waals surface area contributed by atoms with Crippen LogP contribution in [0.3, 0.4) is 0 Å². The summed E-state index contributed by atoms with van der Waals surface area (Å²) in [5.74, 6) is 0.215. The Morgan fingerprint density at radius 2 is 2.43 bits per heavy atom. The molecule has 76 valence electrons. The van der Waals surface area contributed by atoms with Crippen molar-refractivity contribution in [3.63, 3.8) is 0 Å². The van der Waals surface area contributed by atoms with Crippen LogP contribution < -0.4 is 0 Å². The van der Waals surface area contributed by atoms with Gasteiger partial charge in [-0.3, -0.25) is 4.79 Å². The van der Waals surface area contributed by atoms with Crippen LogP contribution >= 0.6 is 11.3 Å². The van der Waals surface area contributed by atoms with E-state index in [0.717, 1.165) is 24.3 Å². The van der Waals surface area contributed by atoms with Crippen molar-refractivity contribution in [3.05, 3.63) is 22.4 Å². The zero-order chi connectivity index (χ0) is 9.97. The first-order chi connectivity index (χ1) is 6.79. The van der Waals surface area contributed by atoms with Crippen molar-refractivity contribution in [2.24, 2.45) is 0 Å². The summed E-state index contributed by atoms with van der Waals surface area (Å²) < 4.78 is 0. The van der Waals surface area contributed by atoms with E-state index >= 15 is 0 Å². The molecular weight excluding hydrogens is 194 g/mol. The number of amides is 1. The fraction of sp³-hybridized carbons (Fsp3) is 0.545. The molecule has 1 aliphatic heterocycles. The molecule has 2 rings (SSSR count). The van der Waals surface area contributed by atoms with Gasteiger partial charge in [0.15, 0.2) is 0 Å². The lowest BCUT2D eigenvalue weighted by Gasteiger charge is -2.33. The molecule has 1 aromatic rings. The Hall–Kier alpha value is -0.830. The molecule has 0 aromatic carbocycles. The molecule has 1 atom stereocenters. The molecular formula is C11H15NOS. The van der Waals surface area contributed by atoms with Gasteiger partial charge in [-0.15, -0.1) is 11.3 Å². The van der Waals surface area contributed by atoms with Gasteiger partial charge in [-0.25, -0.2) is 0 Å². The summed E-state index contributed by atoms with van der Waals surface area (Å²) in [6.07, 6.45) is 3.56. The SMILES string of the molecule is C[C@H]1CCCCN1C(=O)c1cccs1. The largest absolute Gasteiger partial charge is 0.335 e. The second-order valence-electron chi connectivity index (χ2n) is 3.82. The van der Waals surface area contributed by atoms with Crippen molar-refractivity contribution in [1.29, 1.82) is 0 Å². The van der Waals surface area contributed by atoms with Gasteiger partial charge < -0.3 is 4.90 Å². The highest BCUT2D eigenvalue weighted by Crippen LogP contribution is 2.20. The van der Waals surface area contributed by atoms with Crippen LogP contribution in [0.5, 0.6) is 0 Å². The van der Waals surface area contributed by atoms with Gasteiger partial charge in [0, 0.05) is 12.6 Å². The van der Waals surface area contributed by atoms with E-state index in [1.165, 1.54) is 17.8 Å². The third-order valence-corrected chi connectivity index (χ3v) is 3.65. The molecule has 0 unspecified atom stereocenters. The molecule has 0 saturated carbocycles. The smallest absolute Gasteiger partial charge is 0.264 e. The molecule has 0 radical (unpaired) electrons. The van der Waals surface area contributed by atoms with Crippen molar-refractivity contribution in [2.45, 2.75) is 32.2 Å². The monoisotopic (exact) mass is 209 g/mol. The second kappa shape index (κ2) is 4.13. The molecule has 2 heterocycles. The van der Waals surface area contributed by atoms with E-state index in [0.29, 0.717) is 6.04 Å². The molecule has 1 aliphatic rings. The zero-order valence-electron chi connectivity index (χ0n) is 8.40. The minimum atomic E-state index is 0.215. The third kappa shape index (κ3) is 1.82. The number of hydrogen-bond acceptors (Lipinski definition) is 2. The first kappa shape index (κ1) is 9.71. The fourth-order valence-electron chi connectivity index (χ4n) is 1.94. The summed E-state index contributed by atoms with van der Waals surface area (Å²) in [6.45, 7) is 3.07. The van der Waals surface area contributed by atoms with E-state index in [1.54, 1.807) is 0 Å². The maximum atomic E-state index is 12.0. The quantitative estimate of drug-likeness (QED) is 0.696. The lowest BCUT2D eigenvalue weighted by molar-refractivity contribution is 0.0640. The number of carbonyl (C=O) groups is 1. The van der Waals surface area contributed by atoms with E-state index < -0.39 is 0 Å². The molecule has 0 bridgehead atoms. The average molecular weight is 209 g/mol. The molecule has 1 fully saturated rings. The lowest BCUT2D eigenvalue weighted by atomic mass is 10.0. The van der Waals surface area contributed by atoms with E-state index in [2.05, 4.69) is 6.92 Å². The number of rotatable bonds is 1. The third-order valence-electron chi connectivity index (χ3n) is 2.80. The van der Waals surface area contributed by atoms with Crippen LogP contribution in [0, 0.1) is 0 Å². The minimum Gasteiger partial charge on any atom is -0.335 e. The van der Waals surface area contributed by atoms with E-state index in [9.17, 15) is 4.79 Å². The van der Waals surface area contributed by atoms with Crippen LogP contribution in [0.2, 0.25) is 0 Å². The van der Waals surface area contributed by atoms with Crippen molar-refractivity contribution in [1.82, 2.24) is 4.90 Å². The molecule has 14 heavy (non-hydrogen) atoms. The Bertz CT molecular complexity index is 307. The van der Waals surface area contributed by atoms with Gasteiger partial charge >= 0.3 is 0 Å². The van der Waals surface area contributed by atoms with Crippen LogP contribution in [0.25, 0.3) is 0 Å². The number of piperidine rings is 1. The highest BCUT2D eigenvalue weighted by atomic mass is 32.1. The second-order valence-corrected chi connectivity index (χ2v) is 4.77. The Labute approximate surface area is 88.5 Å². The molecule has 0 spiro atoms. The molecule has 1 amide bonds. The van der Waals surface area contributed by atoms with Gasteiger partial charge in [-0.05, 0) is 37.6 Å². The molecule has 2 nitrogen and oxygen atoms in total. The summed E-state index contributed by atoms with van der Waals surface area (Å²) in [7, 11) is 0. The van der Waals surface area contributed by atoms with Crippen LogP contribution in [0.15, 0.2) is 17.5 Å². The summed E-state index contributed by atoms with van der Waals surface area (Å²) >= 11 is 1.54. The number of thiophene rings is 1. The van der Waals surface area contributed by atoms with Crippen LogP contribution in [-0.2, 0) is 0 Å². The summed E-state index contributed by atoms with van der Waals surface area (Å²) in [4.78, 5) is 14.9. The Balaban J connectivity index is 2.10. The van der Waals surface area contributed by atoms with Crippen molar-refractivity contribution >= 4 is 17.2 Å². The van der Waals surface area contributed by atoms with E-state index in [-0.39, 0.29) is 5.91 Å². The lowest BCUT2D eigenvalue weighted by Crippen LogP contribution is -2.41. The van der Waals surface area contributed by atoms with Crippen molar-refractivity contribution in [2.75, 3.05) is 6.54 Å². The number of nitrogens with zero attached hydrogens (tertiary/aromatic N) is 1. The Morgan fingerprint density at radius 3 is 3.07 bits per heavy atom. The normalized spacial score (nSPS) is 22.4. The predicted molar refractivity (Wildman–Crippen MR) is 58.7 cm³/mol. The van der Waals surface area contributed by atoms with Gasteiger partial charge in [0.1, 0.15) is 0 Å². The van der Waals surface area contributed by atoms with Crippen molar-refractivity contribution < 1.29 is 4.79 Å². The van der Waals surface area contributed by atoms with E-state index in [1.807, 2.05) is 22.4 Å². The molecule has 3 heteroatoms. The summed E-state index contributed by atoms with van der Waals surface area (Å²) in [6, 6.07) is 4.26. The highest BCUT2D eigenvalue weighted by Gasteiger charge is 2.24. The molecule has 1 aromatic heterocycles. The van der Waals surface area contributed by atoms with Gasteiger partial charge in [0.25, 0.3) is 5.91 Å². The van der Waals surface area contributed by atoms with Crippen molar-refractivity contribution in [3.8, 4) is 0 Å². The number of hydrogen-bond donors (Lipinski definition) is 0. The maximum Gasteiger partial charge on any atom is 0.264 e. The Morgan fingerprint density at radius 1 is 1.57 bits per heavy atom. The number of carbonyl (C=O) groups excluding carboxylic acids is 1. The van der Waals surface area contributed by atoms with Gasteiger partial charge in [-0.1, -0.05) is 6.07 Å². The van der Waals surface area contributed by atoms with Crippen LogP contribution in [0.4, 0.5) is 0 Å². The standard InChI is InChI=1S/C11H15NOS/c1-9-5-2-3-7-12(9)11(13)10-6-4-8-14-10/h4,6,8-9H,2-3,5,7H2,1H3/t9-/m0/s1. The minimum absolute atomic E-state index is 0.215. The molecule has 0 N–H and O–H groups in total.